The zero-order chi connectivity index (χ0) is 16.2. The van der Waals surface area contributed by atoms with Crippen LogP contribution in [0.15, 0.2) is 29.2 Å². The molecule has 0 saturated carbocycles. The molecule has 1 aromatic carbocycles. The van der Waals surface area contributed by atoms with E-state index in [1.807, 2.05) is 26.8 Å². The van der Waals surface area contributed by atoms with Gasteiger partial charge >= 0.3 is 6.09 Å². The van der Waals surface area contributed by atoms with Crippen molar-refractivity contribution in [1.29, 1.82) is 0 Å². The van der Waals surface area contributed by atoms with Crippen LogP contribution >= 0.6 is 11.8 Å². The van der Waals surface area contributed by atoms with E-state index in [0.717, 1.165) is 36.6 Å². The maximum absolute atomic E-state index is 13.1. The number of carbonyl (C=O) groups excluding carboxylic acids is 1. The number of rotatable bonds is 3. The summed E-state index contributed by atoms with van der Waals surface area (Å²) in [5.74, 6) is 1.34. The first-order valence-corrected chi connectivity index (χ1v) is 8.68. The van der Waals surface area contributed by atoms with Crippen LogP contribution in [0.3, 0.4) is 0 Å². The lowest BCUT2D eigenvalue weighted by molar-refractivity contribution is 0.0191. The predicted molar refractivity (Wildman–Crippen MR) is 87.7 cm³/mol. The number of ether oxygens (including phenoxy) is 1. The first-order chi connectivity index (χ1) is 10.3. The Kier molecular flexibility index (Phi) is 5.73. The molecule has 1 heterocycles. The second-order valence-corrected chi connectivity index (χ2v) is 7.77. The Hall–Kier alpha value is -1.23. The van der Waals surface area contributed by atoms with Crippen LogP contribution in [0.25, 0.3) is 0 Å². The molecule has 1 aliphatic heterocycles. The van der Waals surface area contributed by atoms with Crippen LogP contribution in [-0.2, 0) is 4.74 Å². The van der Waals surface area contributed by atoms with Gasteiger partial charge in [0, 0.05) is 23.7 Å². The van der Waals surface area contributed by atoms with Crippen LogP contribution in [-0.4, -0.2) is 35.4 Å². The van der Waals surface area contributed by atoms with Crippen LogP contribution in [0.1, 0.15) is 33.6 Å². The number of halogens is 1. The molecule has 0 N–H and O–H groups in total. The van der Waals surface area contributed by atoms with Crippen LogP contribution < -0.4 is 0 Å². The molecule has 1 fully saturated rings. The summed E-state index contributed by atoms with van der Waals surface area (Å²) >= 11 is 1.69. The molecule has 0 aromatic heterocycles. The lowest BCUT2D eigenvalue weighted by Crippen LogP contribution is -2.42. The highest BCUT2D eigenvalue weighted by atomic mass is 32.2. The summed E-state index contributed by atoms with van der Waals surface area (Å²) in [7, 11) is 0. The molecule has 5 heteroatoms. The van der Waals surface area contributed by atoms with Gasteiger partial charge in [-0.3, -0.25) is 0 Å². The number of carbonyl (C=O) groups is 1. The topological polar surface area (TPSA) is 29.5 Å². The Bertz CT molecular complexity index is 508. The third-order valence-corrected chi connectivity index (χ3v) is 4.77. The Morgan fingerprint density at radius 2 is 2.05 bits per heavy atom. The van der Waals surface area contributed by atoms with Gasteiger partial charge < -0.3 is 9.64 Å². The molecule has 1 aromatic rings. The Morgan fingerprint density at radius 1 is 1.36 bits per heavy atom. The zero-order valence-corrected chi connectivity index (χ0v) is 14.3. The summed E-state index contributed by atoms with van der Waals surface area (Å²) in [5, 5.41) is 0. The first-order valence-electron chi connectivity index (χ1n) is 7.70. The number of nitrogens with zero attached hydrogens (tertiary/aromatic N) is 1. The molecule has 1 saturated heterocycles. The zero-order valence-electron chi connectivity index (χ0n) is 13.5. The van der Waals surface area contributed by atoms with Gasteiger partial charge in [0.1, 0.15) is 11.4 Å². The Labute approximate surface area is 136 Å². The number of hydrogen-bond acceptors (Lipinski definition) is 3. The van der Waals surface area contributed by atoms with Gasteiger partial charge in [-0.25, -0.2) is 9.18 Å². The maximum Gasteiger partial charge on any atom is 0.410 e. The summed E-state index contributed by atoms with van der Waals surface area (Å²) in [6, 6.07) is 6.70. The molecular weight excluding hydrogens is 301 g/mol. The van der Waals surface area contributed by atoms with E-state index in [-0.39, 0.29) is 11.9 Å². The maximum atomic E-state index is 13.1. The van der Waals surface area contributed by atoms with Gasteiger partial charge in [0.2, 0.25) is 0 Å². The van der Waals surface area contributed by atoms with E-state index < -0.39 is 5.60 Å². The number of amides is 1. The number of benzene rings is 1. The van der Waals surface area contributed by atoms with Gasteiger partial charge in [-0.1, -0.05) is 6.07 Å². The summed E-state index contributed by atoms with van der Waals surface area (Å²) in [4.78, 5) is 14.7. The molecule has 0 radical (unpaired) electrons. The number of hydrogen-bond donors (Lipinski definition) is 0. The molecule has 1 amide bonds. The molecule has 0 bridgehead atoms. The van der Waals surface area contributed by atoms with E-state index in [1.165, 1.54) is 6.07 Å². The second kappa shape index (κ2) is 7.36. The van der Waals surface area contributed by atoms with E-state index in [2.05, 4.69) is 0 Å². The predicted octanol–water partition coefficient (Wildman–Crippen LogP) is 4.56. The van der Waals surface area contributed by atoms with E-state index in [0.29, 0.717) is 5.92 Å². The number of thioether (sulfide) groups is 1. The van der Waals surface area contributed by atoms with Crippen molar-refractivity contribution in [1.82, 2.24) is 4.90 Å². The van der Waals surface area contributed by atoms with Gasteiger partial charge in [-0.05, 0) is 57.7 Å². The van der Waals surface area contributed by atoms with Crippen molar-refractivity contribution in [2.45, 2.75) is 44.1 Å². The summed E-state index contributed by atoms with van der Waals surface area (Å²) in [5.41, 5.74) is -0.443. The van der Waals surface area contributed by atoms with Gasteiger partial charge in [0.05, 0.1) is 0 Å². The van der Waals surface area contributed by atoms with Crippen molar-refractivity contribution in [2.24, 2.45) is 5.92 Å². The number of piperidine rings is 1. The van der Waals surface area contributed by atoms with Crippen molar-refractivity contribution < 1.29 is 13.9 Å². The minimum absolute atomic E-state index is 0.190. The third kappa shape index (κ3) is 5.52. The summed E-state index contributed by atoms with van der Waals surface area (Å²) < 4.78 is 18.5. The molecule has 3 nitrogen and oxygen atoms in total. The Balaban J connectivity index is 1.74. The van der Waals surface area contributed by atoms with Gasteiger partial charge in [0.25, 0.3) is 0 Å². The standard InChI is InChI=1S/C17H24FNO2S/c1-17(2,3)21-16(20)19-9-7-13(8-10-19)12-22-15-6-4-5-14(18)11-15/h4-6,11,13H,7-10,12H2,1-3H3. The van der Waals surface area contributed by atoms with Crippen molar-refractivity contribution in [2.75, 3.05) is 18.8 Å². The third-order valence-electron chi connectivity index (χ3n) is 3.55. The number of likely N-dealkylation sites (tertiary alicyclic amines) is 1. The molecule has 122 valence electrons. The molecule has 0 unspecified atom stereocenters. The van der Waals surface area contributed by atoms with E-state index >= 15 is 0 Å². The highest BCUT2D eigenvalue weighted by Gasteiger charge is 2.26. The molecule has 1 aliphatic rings. The SMILES string of the molecule is CC(C)(C)OC(=O)N1CCC(CSc2cccc(F)c2)CC1. The van der Waals surface area contributed by atoms with Crippen molar-refractivity contribution >= 4 is 17.9 Å². The van der Waals surface area contributed by atoms with E-state index in [9.17, 15) is 9.18 Å². The lowest BCUT2D eigenvalue weighted by Gasteiger charge is -2.33. The Morgan fingerprint density at radius 3 is 2.64 bits per heavy atom. The lowest BCUT2D eigenvalue weighted by atomic mass is 9.99. The van der Waals surface area contributed by atoms with Crippen molar-refractivity contribution in [3.63, 3.8) is 0 Å². The van der Waals surface area contributed by atoms with Crippen LogP contribution in [0, 0.1) is 11.7 Å². The highest BCUT2D eigenvalue weighted by Crippen LogP contribution is 2.27. The fourth-order valence-electron chi connectivity index (χ4n) is 2.38. The summed E-state index contributed by atoms with van der Waals surface area (Å²) in [6.07, 6.45) is 1.73. The molecule has 0 spiro atoms. The van der Waals surface area contributed by atoms with E-state index in [4.69, 9.17) is 4.74 Å². The van der Waals surface area contributed by atoms with Gasteiger partial charge in [-0.15, -0.1) is 11.8 Å². The van der Waals surface area contributed by atoms with Crippen LogP contribution in [0.4, 0.5) is 9.18 Å². The average molecular weight is 325 g/mol. The molecule has 0 atom stereocenters. The molecule has 22 heavy (non-hydrogen) atoms. The summed E-state index contributed by atoms with van der Waals surface area (Å²) in [6.45, 7) is 7.13. The highest BCUT2D eigenvalue weighted by molar-refractivity contribution is 7.99. The van der Waals surface area contributed by atoms with Crippen LogP contribution in [0.5, 0.6) is 0 Å². The first kappa shape index (κ1) is 17.1. The normalized spacial score (nSPS) is 16.6. The minimum atomic E-state index is -0.443. The average Bonchev–Trinajstić information content (AvgIpc) is 2.44. The second-order valence-electron chi connectivity index (χ2n) is 6.68. The van der Waals surface area contributed by atoms with Crippen LogP contribution in [0.2, 0.25) is 0 Å². The monoisotopic (exact) mass is 325 g/mol. The molecular formula is C17H24FNO2S. The van der Waals surface area contributed by atoms with Gasteiger partial charge in [0.15, 0.2) is 0 Å². The molecule has 2 rings (SSSR count). The quantitative estimate of drug-likeness (QED) is 0.763. The van der Waals surface area contributed by atoms with Crippen molar-refractivity contribution in [3.05, 3.63) is 30.1 Å². The fraction of sp³-hybridized carbons (Fsp3) is 0.588. The largest absolute Gasteiger partial charge is 0.444 e. The molecule has 0 aliphatic carbocycles. The van der Waals surface area contributed by atoms with E-state index in [1.54, 1.807) is 28.8 Å². The van der Waals surface area contributed by atoms with Crippen molar-refractivity contribution in [3.8, 4) is 0 Å². The van der Waals surface area contributed by atoms with Gasteiger partial charge in [-0.2, -0.15) is 0 Å². The fourth-order valence-corrected chi connectivity index (χ4v) is 3.51. The minimum Gasteiger partial charge on any atom is -0.444 e. The smallest absolute Gasteiger partial charge is 0.410 e.